The molecule has 0 radical (unpaired) electrons. The van der Waals surface area contributed by atoms with E-state index in [0.717, 1.165) is 31.9 Å². The summed E-state index contributed by atoms with van der Waals surface area (Å²) in [7, 11) is 2.13. The Labute approximate surface area is 101 Å². The molecule has 16 heavy (non-hydrogen) atoms. The van der Waals surface area contributed by atoms with E-state index in [1.807, 2.05) is 12.1 Å². The predicted octanol–water partition coefficient (Wildman–Crippen LogP) is 1.50. The van der Waals surface area contributed by atoms with Crippen LogP contribution in [0.25, 0.3) is 0 Å². The molecule has 88 valence electrons. The number of hydrogen-bond donors (Lipinski definition) is 2. The zero-order chi connectivity index (χ0) is 11.5. The van der Waals surface area contributed by atoms with Crippen LogP contribution in [-0.4, -0.2) is 43.1 Å². The molecule has 1 aromatic rings. The second kappa shape index (κ2) is 4.91. The Balaban J connectivity index is 1.98. The lowest BCUT2D eigenvalue weighted by molar-refractivity contribution is 0.179. The van der Waals surface area contributed by atoms with Crippen LogP contribution in [0.5, 0.6) is 0 Å². The van der Waals surface area contributed by atoms with Gasteiger partial charge in [-0.2, -0.15) is 0 Å². The highest BCUT2D eigenvalue weighted by Gasteiger charge is 2.14. The van der Waals surface area contributed by atoms with E-state index in [0.29, 0.717) is 10.7 Å². The molecular weight excluding hydrogens is 224 g/mol. The van der Waals surface area contributed by atoms with Gasteiger partial charge < -0.3 is 16.1 Å². The molecule has 1 saturated heterocycles. The van der Waals surface area contributed by atoms with E-state index in [4.69, 9.17) is 17.3 Å². The van der Waals surface area contributed by atoms with Crippen molar-refractivity contribution < 1.29 is 0 Å². The van der Waals surface area contributed by atoms with Crippen LogP contribution in [0.1, 0.15) is 0 Å². The van der Waals surface area contributed by atoms with Gasteiger partial charge in [0.05, 0.1) is 11.4 Å². The average molecular weight is 241 g/mol. The summed E-state index contributed by atoms with van der Waals surface area (Å²) in [5.41, 5.74) is 10.8. The van der Waals surface area contributed by atoms with Crippen molar-refractivity contribution in [3.05, 3.63) is 23.2 Å². The van der Waals surface area contributed by atoms with E-state index in [1.165, 1.54) is 0 Å². The third-order valence-corrected chi connectivity index (χ3v) is 3.03. The van der Waals surface area contributed by atoms with E-state index in [9.17, 15) is 0 Å². The van der Waals surface area contributed by atoms with Crippen molar-refractivity contribution in [3.8, 4) is 0 Å². The first-order chi connectivity index (χ1) is 7.65. The summed E-state index contributed by atoms with van der Waals surface area (Å²) < 4.78 is 0. The molecule has 1 heterocycles. The Kier molecular flexibility index (Phi) is 3.53. The van der Waals surface area contributed by atoms with Crippen LogP contribution in [-0.2, 0) is 0 Å². The highest BCUT2D eigenvalue weighted by Crippen LogP contribution is 2.23. The van der Waals surface area contributed by atoms with Crippen molar-refractivity contribution in [2.24, 2.45) is 0 Å². The summed E-state index contributed by atoms with van der Waals surface area (Å²) in [5.74, 6) is 0. The van der Waals surface area contributed by atoms with Gasteiger partial charge >= 0.3 is 0 Å². The van der Waals surface area contributed by atoms with Crippen LogP contribution in [0, 0.1) is 0 Å². The monoisotopic (exact) mass is 240 g/mol. The lowest BCUT2D eigenvalue weighted by atomic mass is 10.3. The van der Waals surface area contributed by atoms with Crippen molar-refractivity contribution in [1.82, 2.24) is 9.91 Å². The second-order valence-corrected chi connectivity index (χ2v) is 4.57. The number of hydrogen-bond acceptors (Lipinski definition) is 4. The molecule has 5 heteroatoms. The largest absolute Gasteiger partial charge is 0.397 e. The van der Waals surface area contributed by atoms with Crippen molar-refractivity contribution in [3.63, 3.8) is 0 Å². The number of anilines is 2. The van der Waals surface area contributed by atoms with Gasteiger partial charge in [0.25, 0.3) is 0 Å². The molecule has 0 spiro atoms. The molecule has 1 aliphatic heterocycles. The third-order valence-electron chi connectivity index (χ3n) is 2.80. The number of hydrazine groups is 1. The summed E-state index contributed by atoms with van der Waals surface area (Å²) in [4.78, 5) is 2.31. The third kappa shape index (κ3) is 2.78. The Hall–Kier alpha value is -0.970. The topological polar surface area (TPSA) is 44.5 Å². The number of nitrogens with two attached hydrogens (primary N) is 1. The number of nitrogens with one attached hydrogen (secondary N) is 1. The van der Waals surface area contributed by atoms with Crippen molar-refractivity contribution in [2.45, 2.75) is 0 Å². The average Bonchev–Trinajstić information content (AvgIpc) is 2.25. The van der Waals surface area contributed by atoms with E-state index in [-0.39, 0.29) is 0 Å². The van der Waals surface area contributed by atoms with Gasteiger partial charge in [0, 0.05) is 31.2 Å². The Bertz CT molecular complexity index is 361. The molecule has 0 bridgehead atoms. The van der Waals surface area contributed by atoms with Gasteiger partial charge in [-0.05, 0) is 25.2 Å². The SMILES string of the molecule is CN1CCN(Nc2ccc(Cl)cc2N)CC1. The number of nitrogen functional groups attached to an aromatic ring is 1. The predicted molar refractivity (Wildman–Crippen MR) is 68.6 cm³/mol. The molecule has 0 unspecified atom stereocenters. The molecule has 1 aliphatic rings. The highest BCUT2D eigenvalue weighted by molar-refractivity contribution is 6.31. The molecule has 0 aromatic heterocycles. The molecule has 0 atom stereocenters. The molecule has 0 saturated carbocycles. The summed E-state index contributed by atoms with van der Waals surface area (Å²) in [5, 5.41) is 2.85. The number of benzene rings is 1. The van der Waals surface area contributed by atoms with Gasteiger partial charge in [-0.3, -0.25) is 0 Å². The van der Waals surface area contributed by atoms with Gasteiger partial charge in [0.1, 0.15) is 0 Å². The van der Waals surface area contributed by atoms with Gasteiger partial charge in [0.2, 0.25) is 0 Å². The number of likely N-dealkylation sites (N-methyl/N-ethyl adjacent to an activating group) is 1. The molecular formula is C11H17ClN4. The van der Waals surface area contributed by atoms with Crippen molar-refractivity contribution in [1.29, 1.82) is 0 Å². The van der Waals surface area contributed by atoms with Crippen LogP contribution >= 0.6 is 11.6 Å². The first-order valence-electron chi connectivity index (χ1n) is 5.40. The zero-order valence-corrected chi connectivity index (χ0v) is 10.2. The first-order valence-corrected chi connectivity index (χ1v) is 5.78. The standard InChI is InChI=1S/C11H17ClN4/c1-15-4-6-16(7-5-15)14-11-3-2-9(12)8-10(11)13/h2-3,8,14H,4-7,13H2,1H3. The maximum Gasteiger partial charge on any atom is 0.0721 e. The molecule has 1 aromatic carbocycles. The summed E-state index contributed by atoms with van der Waals surface area (Å²) in [6.07, 6.45) is 0. The minimum absolute atomic E-state index is 0.668. The van der Waals surface area contributed by atoms with E-state index in [2.05, 4.69) is 22.4 Å². The normalized spacial score (nSPS) is 18.6. The van der Waals surface area contributed by atoms with Crippen LogP contribution in [0.15, 0.2) is 18.2 Å². The lowest BCUT2D eigenvalue weighted by Crippen LogP contribution is -2.47. The lowest BCUT2D eigenvalue weighted by Gasteiger charge is -2.33. The molecule has 4 nitrogen and oxygen atoms in total. The van der Waals surface area contributed by atoms with Gasteiger partial charge in [-0.15, -0.1) is 0 Å². The Morgan fingerprint density at radius 3 is 2.56 bits per heavy atom. The van der Waals surface area contributed by atoms with Crippen LogP contribution < -0.4 is 11.2 Å². The minimum Gasteiger partial charge on any atom is -0.397 e. The first kappa shape index (κ1) is 11.5. The van der Waals surface area contributed by atoms with E-state index >= 15 is 0 Å². The van der Waals surface area contributed by atoms with Crippen LogP contribution in [0.4, 0.5) is 11.4 Å². The Morgan fingerprint density at radius 2 is 1.94 bits per heavy atom. The molecule has 0 amide bonds. The summed E-state index contributed by atoms with van der Waals surface area (Å²) in [6, 6.07) is 5.52. The van der Waals surface area contributed by atoms with E-state index < -0.39 is 0 Å². The second-order valence-electron chi connectivity index (χ2n) is 4.13. The van der Waals surface area contributed by atoms with E-state index in [1.54, 1.807) is 6.07 Å². The number of nitrogens with zero attached hydrogens (tertiary/aromatic N) is 2. The van der Waals surface area contributed by atoms with Crippen molar-refractivity contribution >= 4 is 23.0 Å². The minimum atomic E-state index is 0.668. The van der Waals surface area contributed by atoms with Crippen molar-refractivity contribution in [2.75, 3.05) is 44.4 Å². The maximum absolute atomic E-state index is 5.88. The van der Waals surface area contributed by atoms with Crippen LogP contribution in [0.2, 0.25) is 5.02 Å². The van der Waals surface area contributed by atoms with Gasteiger partial charge in [-0.25, -0.2) is 5.01 Å². The maximum atomic E-state index is 5.88. The fourth-order valence-electron chi connectivity index (χ4n) is 1.72. The molecule has 1 fully saturated rings. The fourth-order valence-corrected chi connectivity index (χ4v) is 1.90. The Morgan fingerprint density at radius 1 is 1.25 bits per heavy atom. The summed E-state index contributed by atoms with van der Waals surface area (Å²) >= 11 is 5.85. The summed E-state index contributed by atoms with van der Waals surface area (Å²) in [6.45, 7) is 4.14. The van der Waals surface area contributed by atoms with Gasteiger partial charge in [-0.1, -0.05) is 11.6 Å². The number of rotatable bonds is 2. The number of piperazine rings is 1. The zero-order valence-electron chi connectivity index (χ0n) is 9.41. The molecule has 3 N–H and O–H groups in total. The molecule has 2 rings (SSSR count). The number of halogens is 1. The quantitative estimate of drug-likeness (QED) is 0.769. The highest BCUT2D eigenvalue weighted by atomic mass is 35.5. The fraction of sp³-hybridized carbons (Fsp3) is 0.455. The smallest absolute Gasteiger partial charge is 0.0721 e. The molecule has 0 aliphatic carbocycles. The van der Waals surface area contributed by atoms with Crippen LogP contribution in [0.3, 0.4) is 0 Å². The van der Waals surface area contributed by atoms with Gasteiger partial charge in [0.15, 0.2) is 0 Å².